The maximum Gasteiger partial charge on any atom is 0.272 e. The van der Waals surface area contributed by atoms with Gasteiger partial charge in [0.25, 0.3) is 5.92 Å². The maximum absolute atomic E-state index is 14.1. The summed E-state index contributed by atoms with van der Waals surface area (Å²) < 4.78 is 39.0. The zero-order valence-corrected chi connectivity index (χ0v) is 22.0. The van der Waals surface area contributed by atoms with Gasteiger partial charge in [0, 0.05) is 39.3 Å². The minimum absolute atomic E-state index is 0.0955. The number of nitrogens with zero attached hydrogens (tertiary/aromatic N) is 4. The SMILES string of the molecule is CO[C@@H]1COCC[C@@H]1C[C@@H]1CC[C@@](C(=O)N2C[C@@H]3C[C@H]2CN3c2cc(C(C)(F)F)cnn2)(C(C)C)C1. The predicted molar refractivity (Wildman–Crippen MR) is 132 cm³/mol. The summed E-state index contributed by atoms with van der Waals surface area (Å²) in [6.45, 7) is 7.98. The first-order valence-electron chi connectivity index (χ1n) is 13.5. The number of ether oxygens (including phenoxy) is 2. The van der Waals surface area contributed by atoms with Gasteiger partial charge in [-0.3, -0.25) is 4.79 Å². The fourth-order valence-corrected chi connectivity index (χ4v) is 7.28. The highest BCUT2D eigenvalue weighted by molar-refractivity contribution is 5.84. The molecular weight excluding hydrogens is 466 g/mol. The zero-order chi connectivity index (χ0) is 25.7. The molecule has 4 fully saturated rings. The summed E-state index contributed by atoms with van der Waals surface area (Å²) in [6, 6.07) is 1.64. The molecule has 1 aromatic heterocycles. The molecule has 0 aromatic carbocycles. The number of halogens is 2. The number of piperazine rings is 1. The zero-order valence-electron chi connectivity index (χ0n) is 22.0. The van der Waals surface area contributed by atoms with Gasteiger partial charge in [-0.1, -0.05) is 13.8 Å². The van der Waals surface area contributed by atoms with Crippen molar-refractivity contribution in [2.75, 3.05) is 38.3 Å². The van der Waals surface area contributed by atoms with E-state index in [1.807, 2.05) is 0 Å². The molecule has 0 unspecified atom stereocenters. The van der Waals surface area contributed by atoms with Crippen LogP contribution in [0.5, 0.6) is 0 Å². The number of rotatable bonds is 7. The molecule has 4 heterocycles. The summed E-state index contributed by atoms with van der Waals surface area (Å²) >= 11 is 0. The Kier molecular flexibility index (Phi) is 7.00. The number of amides is 1. The van der Waals surface area contributed by atoms with Crippen LogP contribution in [-0.2, 0) is 20.2 Å². The molecule has 1 aromatic rings. The van der Waals surface area contributed by atoms with Gasteiger partial charge in [0.1, 0.15) is 0 Å². The number of carbonyl (C=O) groups is 1. The third-order valence-corrected chi connectivity index (χ3v) is 9.51. The fraction of sp³-hybridized carbons (Fsp3) is 0.815. The highest BCUT2D eigenvalue weighted by Crippen LogP contribution is 2.52. The van der Waals surface area contributed by atoms with Gasteiger partial charge in [-0.2, -0.15) is 5.10 Å². The number of anilines is 1. The summed E-state index contributed by atoms with van der Waals surface area (Å²) in [5, 5.41) is 7.97. The number of fused-ring (bicyclic) bond motifs is 2. The van der Waals surface area contributed by atoms with Gasteiger partial charge in [0.05, 0.1) is 36.4 Å². The molecule has 2 bridgehead atoms. The van der Waals surface area contributed by atoms with Crippen LogP contribution in [0.2, 0.25) is 0 Å². The van der Waals surface area contributed by atoms with E-state index >= 15 is 0 Å². The fourth-order valence-electron chi connectivity index (χ4n) is 7.28. The second kappa shape index (κ2) is 9.78. The molecule has 5 rings (SSSR count). The largest absolute Gasteiger partial charge is 0.379 e. The second-order valence-corrected chi connectivity index (χ2v) is 11.9. The van der Waals surface area contributed by atoms with E-state index in [-0.39, 0.29) is 35.1 Å². The molecule has 0 spiro atoms. The van der Waals surface area contributed by atoms with E-state index in [4.69, 9.17) is 9.47 Å². The number of aromatic nitrogens is 2. The van der Waals surface area contributed by atoms with Gasteiger partial charge in [0.15, 0.2) is 5.82 Å². The topological polar surface area (TPSA) is 67.8 Å². The van der Waals surface area contributed by atoms with E-state index in [2.05, 4.69) is 33.8 Å². The number of hydrogen-bond acceptors (Lipinski definition) is 6. The van der Waals surface area contributed by atoms with Crippen LogP contribution in [0.25, 0.3) is 0 Å². The van der Waals surface area contributed by atoms with Gasteiger partial charge in [-0.15, -0.1) is 5.10 Å². The summed E-state index contributed by atoms with van der Waals surface area (Å²) in [5.74, 6) is -0.882. The number of alkyl halides is 2. The normalized spacial score (nSPS) is 34.7. The van der Waals surface area contributed by atoms with Crippen molar-refractivity contribution >= 4 is 11.7 Å². The van der Waals surface area contributed by atoms with Crippen LogP contribution >= 0.6 is 0 Å². The van der Waals surface area contributed by atoms with Gasteiger partial charge in [-0.05, 0) is 62.3 Å². The standard InChI is InChI=1S/C27H40F2N4O3/c1-17(2)27(7-5-18(12-27)9-19-6-8-36-16-23(19)35-4)25(34)33-15-21-11-22(33)14-32(21)24-10-20(13-30-31-24)26(3,28)29/h10,13,17-19,21-23H,5-9,11-12,14-16H2,1-4H3/t18-,19+,21-,22-,23+,27-/m0/s1. The summed E-state index contributed by atoms with van der Waals surface area (Å²) in [7, 11) is 1.77. The van der Waals surface area contributed by atoms with Crippen molar-refractivity contribution in [3.05, 3.63) is 17.8 Å². The molecule has 7 nitrogen and oxygen atoms in total. The van der Waals surface area contributed by atoms with Crippen molar-refractivity contribution < 1.29 is 23.0 Å². The minimum atomic E-state index is -2.96. The van der Waals surface area contributed by atoms with Gasteiger partial charge >= 0.3 is 0 Å². The molecule has 4 aliphatic rings. The van der Waals surface area contributed by atoms with E-state index in [0.29, 0.717) is 43.3 Å². The Morgan fingerprint density at radius 1 is 1.31 bits per heavy atom. The molecule has 6 atom stereocenters. The van der Waals surface area contributed by atoms with E-state index in [1.54, 1.807) is 7.11 Å². The molecule has 0 radical (unpaired) electrons. The Morgan fingerprint density at radius 3 is 2.78 bits per heavy atom. The second-order valence-electron chi connectivity index (χ2n) is 11.9. The first kappa shape index (κ1) is 25.8. The first-order valence-corrected chi connectivity index (χ1v) is 13.5. The van der Waals surface area contributed by atoms with Crippen molar-refractivity contribution in [2.24, 2.45) is 23.2 Å². The van der Waals surface area contributed by atoms with Crippen molar-refractivity contribution in [1.82, 2.24) is 15.1 Å². The van der Waals surface area contributed by atoms with Crippen LogP contribution in [-0.4, -0.2) is 72.6 Å². The number of carbonyl (C=O) groups excluding carboxylic acids is 1. The first-order chi connectivity index (χ1) is 17.1. The lowest BCUT2D eigenvalue weighted by Gasteiger charge is -2.42. The molecule has 9 heteroatoms. The van der Waals surface area contributed by atoms with Gasteiger partial charge in [0.2, 0.25) is 5.91 Å². The van der Waals surface area contributed by atoms with Gasteiger partial charge in [-0.25, -0.2) is 8.78 Å². The smallest absolute Gasteiger partial charge is 0.272 e. The lowest BCUT2D eigenvalue weighted by Crippen LogP contribution is -2.54. The Labute approximate surface area is 212 Å². The minimum Gasteiger partial charge on any atom is -0.379 e. The van der Waals surface area contributed by atoms with Crippen LogP contribution in [0.4, 0.5) is 14.6 Å². The predicted octanol–water partition coefficient (Wildman–Crippen LogP) is 4.26. The van der Waals surface area contributed by atoms with E-state index in [9.17, 15) is 13.6 Å². The number of likely N-dealkylation sites (tertiary alicyclic amines) is 1. The molecule has 0 N–H and O–H groups in total. The number of methoxy groups -OCH3 is 1. The van der Waals surface area contributed by atoms with Crippen molar-refractivity contribution in [3.63, 3.8) is 0 Å². The third kappa shape index (κ3) is 4.62. The van der Waals surface area contributed by atoms with Gasteiger partial charge < -0.3 is 19.3 Å². The Bertz CT molecular complexity index is 957. The highest BCUT2D eigenvalue weighted by atomic mass is 19.3. The lowest BCUT2D eigenvalue weighted by atomic mass is 9.73. The molecule has 36 heavy (non-hydrogen) atoms. The van der Waals surface area contributed by atoms with Crippen LogP contribution in [0.15, 0.2) is 12.3 Å². The maximum atomic E-state index is 14.1. The molecule has 3 saturated heterocycles. The van der Waals surface area contributed by atoms with Crippen molar-refractivity contribution in [3.8, 4) is 0 Å². The molecule has 1 aliphatic carbocycles. The third-order valence-electron chi connectivity index (χ3n) is 9.51. The van der Waals surface area contributed by atoms with Crippen molar-refractivity contribution in [2.45, 2.75) is 83.4 Å². The highest BCUT2D eigenvalue weighted by Gasteiger charge is 2.54. The van der Waals surface area contributed by atoms with Crippen LogP contribution in [0.3, 0.4) is 0 Å². The van der Waals surface area contributed by atoms with Crippen molar-refractivity contribution in [1.29, 1.82) is 0 Å². The summed E-state index contributed by atoms with van der Waals surface area (Å²) in [5.41, 5.74) is -0.447. The van der Waals surface area contributed by atoms with Crippen LogP contribution in [0.1, 0.15) is 64.9 Å². The number of hydrogen-bond donors (Lipinski definition) is 0. The van der Waals surface area contributed by atoms with E-state index < -0.39 is 5.92 Å². The molecule has 1 amide bonds. The molecule has 200 valence electrons. The van der Waals surface area contributed by atoms with E-state index in [0.717, 1.165) is 58.3 Å². The monoisotopic (exact) mass is 506 g/mol. The summed E-state index contributed by atoms with van der Waals surface area (Å²) in [4.78, 5) is 18.3. The molecule has 1 saturated carbocycles. The van der Waals surface area contributed by atoms with Crippen LogP contribution in [0, 0.1) is 23.2 Å². The lowest BCUT2D eigenvalue weighted by molar-refractivity contribution is -0.146. The quantitative estimate of drug-likeness (QED) is 0.551. The molecule has 3 aliphatic heterocycles. The Balaban J connectivity index is 1.26. The molecular formula is C27H40F2N4O3. The van der Waals surface area contributed by atoms with Crippen LogP contribution < -0.4 is 4.90 Å². The summed E-state index contributed by atoms with van der Waals surface area (Å²) in [6.07, 6.45) is 7.22. The van der Waals surface area contributed by atoms with E-state index in [1.165, 1.54) is 6.07 Å². The Hall–Kier alpha value is -1.87. The average Bonchev–Trinajstić information content (AvgIpc) is 3.58. The Morgan fingerprint density at radius 2 is 2.11 bits per heavy atom. The average molecular weight is 507 g/mol.